The van der Waals surface area contributed by atoms with E-state index in [1.165, 1.54) is 12.2 Å². The maximum Gasteiger partial charge on any atom is 0.331 e. The van der Waals surface area contributed by atoms with E-state index in [1.807, 2.05) is 0 Å². The van der Waals surface area contributed by atoms with Gasteiger partial charge in [0, 0.05) is 17.8 Å². The van der Waals surface area contributed by atoms with Crippen LogP contribution in [-0.4, -0.2) is 32.1 Å². The maximum atomic E-state index is 11.9. The molecular formula is C19H14ClNO7. The van der Waals surface area contributed by atoms with Gasteiger partial charge in [0.25, 0.3) is 5.91 Å². The lowest BCUT2D eigenvalue weighted by molar-refractivity contribution is -0.142. The predicted octanol–water partition coefficient (Wildman–Crippen LogP) is 2.99. The van der Waals surface area contributed by atoms with Crippen molar-refractivity contribution >= 4 is 35.2 Å². The van der Waals surface area contributed by atoms with Gasteiger partial charge in [0.05, 0.1) is 5.02 Å². The number of esters is 1. The molecule has 0 saturated carbocycles. The summed E-state index contributed by atoms with van der Waals surface area (Å²) < 4.78 is 25.8. The van der Waals surface area contributed by atoms with Crippen molar-refractivity contribution < 1.29 is 33.3 Å². The minimum absolute atomic E-state index is 0.0999. The van der Waals surface area contributed by atoms with Gasteiger partial charge in [0.2, 0.25) is 13.6 Å². The Labute approximate surface area is 164 Å². The minimum atomic E-state index is -0.672. The lowest BCUT2D eigenvalue weighted by atomic mass is 10.2. The van der Waals surface area contributed by atoms with Crippen molar-refractivity contribution in [1.29, 1.82) is 0 Å². The van der Waals surface area contributed by atoms with Crippen LogP contribution >= 0.6 is 11.6 Å². The van der Waals surface area contributed by atoms with E-state index in [-0.39, 0.29) is 13.6 Å². The van der Waals surface area contributed by atoms with Gasteiger partial charge in [-0.25, -0.2) is 4.79 Å². The van der Waals surface area contributed by atoms with E-state index in [1.54, 1.807) is 30.3 Å². The number of rotatable bonds is 5. The first-order valence-electron chi connectivity index (χ1n) is 8.22. The average molecular weight is 404 g/mol. The van der Waals surface area contributed by atoms with Crippen molar-refractivity contribution in [2.24, 2.45) is 0 Å². The third-order valence-electron chi connectivity index (χ3n) is 3.86. The monoisotopic (exact) mass is 403 g/mol. The zero-order valence-electron chi connectivity index (χ0n) is 14.4. The van der Waals surface area contributed by atoms with E-state index in [0.717, 1.165) is 0 Å². The summed E-state index contributed by atoms with van der Waals surface area (Å²) in [6, 6.07) is 8.29. The summed E-state index contributed by atoms with van der Waals surface area (Å²) in [5.41, 5.74) is 1.15. The fourth-order valence-electron chi connectivity index (χ4n) is 2.60. The van der Waals surface area contributed by atoms with Crippen LogP contribution in [0.2, 0.25) is 5.02 Å². The summed E-state index contributed by atoms with van der Waals surface area (Å²) in [7, 11) is 0. The molecule has 0 atom stereocenters. The highest BCUT2D eigenvalue weighted by atomic mass is 35.5. The van der Waals surface area contributed by atoms with Gasteiger partial charge in [-0.1, -0.05) is 11.6 Å². The van der Waals surface area contributed by atoms with Crippen LogP contribution in [0, 0.1) is 0 Å². The topological polar surface area (TPSA) is 92.3 Å². The van der Waals surface area contributed by atoms with Crippen LogP contribution in [0.1, 0.15) is 5.56 Å². The Morgan fingerprint density at radius 3 is 2.71 bits per heavy atom. The Bertz CT molecular complexity index is 973. The first-order valence-corrected chi connectivity index (χ1v) is 8.60. The molecule has 8 nitrogen and oxygen atoms in total. The van der Waals surface area contributed by atoms with Crippen molar-refractivity contribution in [3.63, 3.8) is 0 Å². The second kappa shape index (κ2) is 7.69. The molecule has 4 rings (SSSR count). The van der Waals surface area contributed by atoms with E-state index < -0.39 is 18.5 Å². The largest absolute Gasteiger partial charge is 0.454 e. The highest BCUT2D eigenvalue weighted by Crippen LogP contribution is 2.40. The summed E-state index contributed by atoms with van der Waals surface area (Å²) in [5, 5.41) is 2.99. The SMILES string of the molecule is O=C(COC(=O)/C=C/c1cc(Cl)c2c(c1)OCO2)Nc1ccc2c(c1)OCO2. The lowest BCUT2D eigenvalue weighted by Gasteiger charge is -2.06. The van der Waals surface area contributed by atoms with Gasteiger partial charge in [-0.05, 0) is 35.9 Å². The molecular weight excluding hydrogens is 390 g/mol. The van der Waals surface area contributed by atoms with Crippen molar-refractivity contribution in [3.8, 4) is 23.0 Å². The van der Waals surface area contributed by atoms with E-state index in [4.69, 9.17) is 35.3 Å². The van der Waals surface area contributed by atoms with E-state index in [0.29, 0.717) is 39.3 Å². The van der Waals surface area contributed by atoms with E-state index in [9.17, 15) is 9.59 Å². The molecule has 1 N–H and O–H groups in total. The second-order valence-corrected chi connectivity index (χ2v) is 6.20. The van der Waals surface area contributed by atoms with Gasteiger partial charge in [-0.3, -0.25) is 4.79 Å². The minimum Gasteiger partial charge on any atom is -0.454 e. The molecule has 2 aromatic rings. The first-order chi connectivity index (χ1) is 13.6. The second-order valence-electron chi connectivity index (χ2n) is 5.79. The Morgan fingerprint density at radius 1 is 1.04 bits per heavy atom. The van der Waals surface area contributed by atoms with Crippen LogP contribution in [0.3, 0.4) is 0 Å². The number of amides is 1. The standard InChI is InChI=1S/C19H14ClNO7/c20-13-5-11(6-16-19(13)28-10-27-16)1-4-18(23)24-8-17(22)21-12-2-3-14-15(7-12)26-9-25-14/h1-7H,8-10H2,(H,21,22)/b4-1+. The van der Waals surface area contributed by atoms with Crippen LogP contribution in [0.25, 0.3) is 6.08 Å². The van der Waals surface area contributed by atoms with Crippen molar-refractivity contribution in [1.82, 2.24) is 0 Å². The normalized spacial score (nSPS) is 13.6. The van der Waals surface area contributed by atoms with Gasteiger partial charge >= 0.3 is 5.97 Å². The molecule has 2 aromatic carbocycles. The zero-order chi connectivity index (χ0) is 19.5. The van der Waals surface area contributed by atoms with Crippen LogP contribution in [-0.2, 0) is 14.3 Å². The Morgan fingerprint density at radius 2 is 1.82 bits per heavy atom. The smallest absolute Gasteiger partial charge is 0.331 e. The van der Waals surface area contributed by atoms with Gasteiger partial charge in [0.15, 0.2) is 29.6 Å². The summed E-state index contributed by atoms with van der Waals surface area (Å²) in [6.45, 7) is -0.187. The summed E-state index contributed by atoms with van der Waals surface area (Å²) in [6.07, 6.45) is 2.70. The fraction of sp³-hybridized carbons (Fsp3) is 0.158. The Kier molecular flexibility index (Phi) is 4.94. The van der Waals surface area contributed by atoms with Gasteiger partial charge in [-0.15, -0.1) is 0 Å². The van der Waals surface area contributed by atoms with Crippen molar-refractivity contribution in [3.05, 3.63) is 47.0 Å². The maximum absolute atomic E-state index is 11.9. The van der Waals surface area contributed by atoms with Crippen molar-refractivity contribution in [2.75, 3.05) is 25.5 Å². The number of halogens is 1. The van der Waals surface area contributed by atoms with Crippen LogP contribution in [0.5, 0.6) is 23.0 Å². The number of hydrogen-bond donors (Lipinski definition) is 1. The number of hydrogen-bond acceptors (Lipinski definition) is 7. The molecule has 144 valence electrons. The molecule has 2 aliphatic rings. The highest BCUT2D eigenvalue weighted by molar-refractivity contribution is 6.32. The predicted molar refractivity (Wildman–Crippen MR) is 98.8 cm³/mol. The molecule has 2 aliphatic heterocycles. The number of nitrogens with one attached hydrogen (secondary N) is 1. The molecule has 0 bridgehead atoms. The molecule has 0 saturated heterocycles. The highest BCUT2D eigenvalue weighted by Gasteiger charge is 2.18. The molecule has 0 radical (unpaired) electrons. The molecule has 2 heterocycles. The van der Waals surface area contributed by atoms with Gasteiger partial charge < -0.3 is 29.0 Å². The van der Waals surface area contributed by atoms with Crippen molar-refractivity contribution in [2.45, 2.75) is 0 Å². The summed E-state index contributed by atoms with van der Waals surface area (Å²) >= 11 is 6.08. The molecule has 28 heavy (non-hydrogen) atoms. The molecule has 1 amide bonds. The van der Waals surface area contributed by atoms with Gasteiger partial charge in [-0.2, -0.15) is 0 Å². The zero-order valence-corrected chi connectivity index (χ0v) is 15.2. The van der Waals surface area contributed by atoms with Crippen LogP contribution in [0.4, 0.5) is 5.69 Å². The molecule has 0 spiro atoms. The Hall–Kier alpha value is -3.39. The Balaban J connectivity index is 1.29. The number of fused-ring (bicyclic) bond motifs is 2. The third-order valence-corrected chi connectivity index (χ3v) is 4.14. The fourth-order valence-corrected chi connectivity index (χ4v) is 2.88. The van der Waals surface area contributed by atoms with E-state index in [2.05, 4.69) is 5.32 Å². The molecule has 0 aliphatic carbocycles. The molecule has 0 unspecified atom stereocenters. The van der Waals surface area contributed by atoms with Crippen LogP contribution in [0.15, 0.2) is 36.4 Å². The molecule has 0 fully saturated rings. The quantitative estimate of drug-likeness (QED) is 0.606. The number of anilines is 1. The third kappa shape index (κ3) is 3.96. The number of carbonyl (C=O) groups is 2. The summed E-state index contributed by atoms with van der Waals surface area (Å²) in [5.74, 6) is 0.977. The molecule has 9 heteroatoms. The number of benzene rings is 2. The van der Waals surface area contributed by atoms with E-state index >= 15 is 0 Å². The first kappa shape index (κ1) is 18.0. The number of ether oxygens (including phenoxy) is 5. The summed E-state index contributed by atoms with van der Waals surface area (Å²) in [4.78, 5) is 23.8. The van der Waals surface area contributed by atoms with Crippen LogP contribution < -0.4 is 24.3 Å². The number of carbonyl (C=O) groups excluding carboxylic acids is 2. The average Bonchev–Trinajstić information content (AvgIpc) is 3.33. The lowest BCUT2D eigenvalue weighted by Crippen LogP contribution is -2.20. The molecule has 0 aromatic heterocycles. The van der Waals surface area contributed by atoms with Gasteiger partial charge in [0.1, 0.15) is 0 Å².